The van der Waals surface area contributed by atoms with Gasteiger partial charge in [-0.05, 0) is 37.0 Å². The molecule has 1 saturated carbocycles. The van der Waals surface area contributed by atoms with Crippen LogP contribution in [0.1, 0.15) is 52.9 Å². The Kier molecular flexibility index (Phi) is 3.33. The van der Waals surface area contributed by atoms with Gasteiger partial charge < -0.3 is 5.11 Å². The fourth-order valence-corrected chi connectivity index (χ4v) is 3.47. The van der Waals surface area contributed by atoms with Gasteiger partial charge in [-0.2, -0.15) is 0 Å². The summed E-state index contributed by atoms with van der Waals surface area (Å²) in [6.07, 6.45) is 5.77. The highest BCUT2D eigenvalue weighted by Crippen LogP contribution is 2.37. The zero-order valence-electron chi connectivity index (χ0n) is 11.1. The standard InChI is InChI=1S/C14H27NO/c1-4-12-5-7-14(16,8-6-12)11-15-9-13(2,3)10-15/h12,16H,4-11H2,1-3H3. The largest absolute Gasteiger partial charge is 0.389 e. The van der Waals surface area contributed by atoms with Crippen molar-refractivity contribution in [2.75, 3.05) is 19.6 Å². The summed E-state index contributed by atoms with van der Waals surface area (Å²) in [5, 5.41) is 10.5. The van der Waals surface area contributed by atoms with Crippen molar-refractivity contribution in [2.24, 2.45) is 11.3 Å². The minimum atomic E-state index is -0.373. The lowest BCUT2D eigenvalue weighted by molar-refractivity contribution is -0.0780. The van der Waals surface area contributed by atoms with E-state index in [0.29, 0.717) is 5.41 Å². The summed E-state index contributed by atoms with van der Waals surface area (Å²) in [7, 11) is 0. The molecule has 0 amide bonds. The predicted octanol–water partition coefficient (Wildman–Crippen LogP) is 2.66. The van der Waals surface area contributed by atoms with Crippen molar-refractivity contribution in [3.8, 4) is 0 Å². The second-order valence-electron chi connectivity index (χ2n) is 6.89. The van der Waals surface area contributed by atoms with Crippen LogP contribution in [0.3, 0.4) is 0 Å². The van der Waals surface area contributed by atoms with E-state index >= 15 is 0 Å². The van der Waals surface area contributed by atoms with Gasteiger partial charge in [-0.15, -0.1) is 0 Å². The molecular weight excluding hydrogens is 198 g/mol. The first-order valence-electron chi connectivity index (χ1n) is 6.87. The molecule has 2 rings (SSSR count). The summed E-state index contributed by atoms with van der Waals surface area (Å²) in [6, 6.07) is 0. The molecule has 2 fully saturated rings. The highest BCUT2D eigenvalue weighted by Gasteiger charge is 2.40. The minimum Gasteiger partial charge on any atom is -0.389 e. The van der Waals surface area contributed by atoms with E-state index in [1.165, 1.54) is 19.3 Å². The molecule has 0 aromatic rings. The van der Waals surface area contributed by atoms with Crippen LogP contribution in [0.25, 0.3) is 0 Å². The molecule has 94 valence electrons. The van der Waals surface area contributed by atoms with Gasteiger partial charge in [0.2, 0.25) is 0 Å². The summed E-state index contributed by atoms with van der Waals surface area (Å²) >= 11 is 0. The van der Waals surface area contributed by atoms with E-state index in [4.69, 9.17) is 0 Å². The van der Waals surface area contributed by atoms with Crippen molar-refractivity contribution in [1.29, 1.82) is 0 Å². The Morgan fingerprint density at radius 2 is 1.75 bits per heavy atom. The van der Waals surface area contributed by atoms with E-state index in [1.807, 2.05) is 0 Å². The van der Waals surface area contributed by atoms with E-state index < -0.39 is 0 Å². The summed E-state index contributed by atoms with van der Waals surface area (Å²) < 4.78 is 0. The molecule has 2 nitrogen and oxygen atoms in total. The van der Waals surface area contributed by atoms with E-state index in [2.05, 4.69) is 25.7 Å². The molecule has 1 aliphatic heterocycles. The van der Waals surface area contributed by atoms with Crippen LogP contribution in [0.5, 0.6) is 0 Å². The Bertz CT molecular complexity index is 233. The van der Waals surface area contributed by atoms with Crippen LogP contribution < -0.4 is 0 Å². The highest BCUT2D eigenvalue weighted by molar-refractivity contribution is 4.94. The normalized spacial score (nSPS) is 39.4. The monoisotopic (exact) mass is 225 g/mol. The smallest absolute Gasteiger partial charge is 0.0774 e. The van der Waals surface area contributed by atoms with E-state index in [0.717, 1.165) is 38.4 Å². The van der Waals surface area contributed by atoms with Crippen molar-refractivity contribution in [2.45, 2.75) is 58.5 Å². The molecule has 0 spiro atoms. The molecule has 0 unspecified atom stereocenters. The number of nitrogens with zero attached hydrogens (tertiary/aromatic N) is 1. The number of hydrogen-bond donors (Lipinski definition) is 1. The molecule has 2 heteroatoms. The summed E-state index contributed by atoms with van der Waals surface area (Å²) in [6.45, 7) is 10.1. The molecule has 0 aromatic carbocycles. The third-order valence-electron chi connectivity index (χ3n) is 4.43. The summed E-state index contributed by atoms with van der Waals surface area (Å²) in [4.78, 5) is 2.42. The average molecular weight is 225 g/mol. The van der Waals surface area contributed by atoms with Gasteiger partial charge in [0.1, 0.15) is 0 Å². The summed E-state index contributed by atoms with van der Waals surface area (Å²) in [5.74, 6) is 0.869. The highest BCUT2D eigenvalue weighted by atomic mass is 16.3. The molecule has 1 heterocycles. The SMILES string of the molecule is CCC1CCC(O)(CN2CC(C)(C)C2)CC1. The Hall–Kier alpha value is -0.0800. The van der Waals surface area contributed by atoms with Crippen molar-refractivity contribution in [1.82, 2.24) is 4.90 Å². The number of rotatable bonds is 3. The zero-order chi connectivity index (χ0) is 11.8. The Labute approximate surface area is 100 Å². The van der Waals surface area contributed by atoms with Crippen molar-refractivity contribution in [3.05, 3.63) is 0 Å². The van der Waals surface area contributed by atoms with Gasteiger partial charge >= 0.3 is 0 Å². The predicted molar refractivity (Wildman–Crippen MR) is 67.4 cm³/mol. The van der Waals surface area contributed by atoms with Crippen molar-refractivity contribution < 1.29 is 5.11 Å². The fraction of sp³-hybridized carbons (Fsp3) is 1.00. The van der Waals surface area contributed by atoms with Crippen LogP contribution in [-0.2, 0) is 0 Å². The molecule has 0 atom stereocenters. The third-order valence-corrected chi connectivity index (χ3v) is 4.43. The van der Waals surface area contributed by atoms with E-state index in [-0.39, 0.29) is 5.60 Å². The van der Waals surface area contributed by atoms with Crippen LogP contribution in [-0.4, -0.2) is 35.2 Å². The van der Waals surface area contributed by atoms with Gasteiger partial charge in [0.25, 0.3) is 0 Å². The minimum absolute atomic E-state index is 0.373. The molecule has 16 heavy (non-hydrogen) atoms. The number of β-amino-alcohol motifs (C(OH)–C–C–N with tert-alkyl or cyclic N) is 1. The van der Waals surface area contributed by atoms with Crippen LogP contribution in [0.15, 0.2) is 0 Å². The lowest BCUT2D eigenvalue weighted by Crippen LogP contribution is -2.58. The lowest BCUT2D eigenvalue weighted by Gasteiger charge is -2.50. The topological polar surface area (TPSA) is 23.5 Å². The quantitative estimate of drug-likeness (QED) is 0.798. The molecule has 0 bridgehead atoms. The maximum absolute atomic E-state index is 10.5. The van der Waals surface area contributed by atoms with Gasteiger partial charge in [-0.25, -0.2) is 0 Å². The maximum Gasteiger partial charge on any atom is 0.0774 e. The molecule has 1 N–H and O–H groups in total. The first kappa shape index (κ1) is 12.4. The molecule has 1 saturated heterocycles. The molecule has 1 aliphatic carbocycles. The molecule has 0 aromatic heterocycles. The lowest BCUT2D eigenvalue weighted by atomic mass is 9.76. The molecule has 2 aliphatic rings. The van der Waals surface area contributed by atoms with Gasteiger partial charge in [-0.1, -0.05) is 27.2 Å². The molecule has 0 radical (unpaired) electrons. The maximum atomic E-state index is 10.5. The van der Waals surface area contributed by atoms with Crippen LogP contribution >= 0.6 is 0 Å². The number of aliphatic hydroxyl groups is 1. The van der Waals surface area contributed by atoms with Crippen LogP contribution in [0.2, 0.25) is 0 Å². The first-order valence-corrected chi connectivity index (χ1v) is 6.87. The van der Waals surface area contributed by atoms with E-state index in [1.54, 1.807) is 0 Å². The summed E-state index contributed by atoms with van der Waals surface area (Å²) in [5.41, 5.74) is 0.110. The Morgan fingerprint density at radius 3 is 2.19 bits per heavy atom. The van der Waals surface area contributed by atoms with Crippen LogP contribution in [0.4, 0.5) is 0 Å². The Balaban J connectivity index is 1.77. The number of hydrogen-bond acceptors (Lipinski definition) is 2. The van der Waals surface area contributed by atoms with Crippen molar-refractivity contribution >= 4 is 0 Å². The van der Waals surface area contributed by atoms with E-state index in [9.17, 15) is 5.11 Å². The first-order chi connectivity index (χ1) is 7.42. The fourth-order valence-electron chi connectivity index (χ4n) is 3.47. The second kappa shape index (κ2) is 4.30. The van der Waals surface area contributed by atoms with Crippen molar-refractivity contribution in [3.63, 3.8) is 0 Å². The van der Waals surface area contributed by atoms with Gasteiger partial charge in [0.05, 0.1) is 5.60 Å². The average Bonchev–Trinajstić information content (AvgIpc) is 2.16. The van der Waals surface area contributed by atoms with Gasteiger partial charge in [0, 0.05) is 19.6 Å². The third kappa shape index (κ3) is 2.78. The van der Waals surface area contributed by atoms with Gasteiger partial charge in [0.15, 0.2) is 0 Å². The van der Waals surface area contributed by atoms with Crippen LogP contribution in [0, 0.1) is 11.3 Å². The zero-order valence-corrected chi connectivity index (χ0v) is 11.1. The van der Waals surface area contributed by atoms with Gasteiger partial charge in [-0.3, -0.25) is 4.90 Å². The Morgan fingerprint density at radius 1 is 1.19 bits per heavy atom. The molecular formula is C14H27NO. The number of likely N-dealkylation sites (tertiary alicyclic amines) is 1. The second-order valence-corrected chi connectivity index (χ2v) is 6.89.